The van der Waals surface area contributed by atoms with Crippen LogP contribution in [0.5, 0.6) is 17.2 Å². The molecule has 1 amide bonds. The highest BCUT2D eigenvalue weighted by molar-refractivity contribution is 5.96. The summed E-state index contributed by atoms with van der Waals surface area (Å²) in [5, 5.41) is 25.1. The number of hydrogen-bond donors (Lipinski definition) is 4. The van der Waals surface area contributed by atoms with Crippen molar-refractivity contribution in [2.75, 3.05) is 10.6 Å². The second-order valence-corrected chi connectivity index (χ2v) is 10.6. The van der Waals surface area contributed by atoms with Gasteiger partial charge >= 0.3 is 5.97 Å². The van der Waals surface area contributed by atoms with Crippen LogP contribution in [-0.4, -0.2) is 28.1 Å². The molecule has 0 saturated heterocycles. The molecule has 0 bridgehead atoms. The minimum atomic E-state index is -1.02. The van der Waals surface area contributed by atoms with Crippen LogP contribution < -0.4 is 15.4 Å². The molecule has 0 fully saturated rings. The highest BCUT2D eigenvalue weighted by Crippen LogP contribution is 2.33. The van der Waals surface area contributed by atoms with Gasteiger partial charge in [-0.3, -0.25) is 4.79 Å². The SMILES string of the molecule is CCCCCCCCCCCCc1ccc(NC(=O)C(C)Nc2cc(O)ccc2Oc2ccc(C(=O)O)cc2)cc1. The number of phenolic OH excluding ortho intramolecular Hbond substituents is 1. The summed E-state index contributed by atoms with van der Waals surface area (Å²) in [6.45, 7) is 3.98. The van der Waals surface area contributed by atoms with E-state index in [1.807, 2.05) is 12.1 Å². The number of ether oxygens (including phenoxy) is 1. The van der Waals surface area contributed by atoms with Crippen LogP contribution in [0.3, 0.4) is 0 Å². The van der Waals surface area contributed by atoms with Crippen LogP contribution in [-0.2, 0) is 11.2 Å². The molecule has 3 aromatic rings. The van der Waals surface area contributed by atoms with E-state index >= 15 is 0 Å². The third kappa shape index (κ3) is 11.2. The number of hydrogen-bond acceptors (Lipinski definition) is 5. The summed E-state index contributed by atoms with van der Waals surface area (Å²) in [5.74, 6) is -0.410. The zero-order valence-electron chi connectivity index (χ0n) is 24.3. The Bertz CT molecular complexity index is 1220. The average Bonchev–Trinajstić information content (AvgIpc) is 2.96. The van der Waals surface area contributed by atoms with Crippen molar-refractivity contribution in [1.82, 2.24) is 0 Å². The van der Waals surface area contributed by atoms with Gasteiger partial charge in [-0.05, 0) is 73.9 Å². The van der Waals surface area contributed by atoms with Crippen molar-refractivity contribution < 1.29 is 24.5 Å². The fourth-order valence-corrected chi connectivity index (χ4v) is 4.63. The number of carboxylic acid groups (broad SMARTS) is 1. The molecule has 0 saturated carbocycles. The van der Waals surface area contributed by atoms with E-state index in [1.54, 1.807) is 25.1 Å². The Labute approximate surface area is 244 Å². The fourth-order valence-electron chi connectivity index (χ4n) is 4.63. The lowest BCUT2D eigenvalue weighted by atomic mass is 10.0. The Morgan fingerprint density at radius 3 is 2.02 bits per heavy atom. The topological polar surface area (TPSA) is 108 Å². The van der Waals surface area contributed by atoms with Gasteiger partial charge in [0.25, 0.3) is 0 Å². The summed E-state index contributed by atoms with van der Waals surface area (Å²) in [4.78, 5) is 24.0. The van der Waals surface area contributed by atoms with E-state index in [0.29, 0.717) is 17.2 Å². The normalized spacial score (nSPS) is 11.6. The van der Waals surface area contributed by atoms with E-state index < -0.39 is 12.0 Å². The number of aromatic hydroxyl groups is 1. The molecule has 1 unspecified atom stereocenters. The first kappa shape index (κ1) is 31.5. The van der Waals surface area contributed by atoms with Crippen LogP contribution in [0.25, 0.3) is 0 Å². The molecule has 220 valence electrons. The Morgan fingerprint density at radius 1 is 0.805 bits per heavy atom. The summed E-state index contributed by atoms with van der Waals surface area (Å²) in [6.07, 6.45) is 14.3. The Hall–Kier alpha value is -4.00. The van der Waals surface area contributed by atoms with Crippen LogP contribution >= 0.6 is 0 Å². The lowest BCUT2D eigenvalue weighted by molar-refractivity contribution is -0.116. The largest absolute Gasteiger partial charge is 0.508 e. The van der Waals surface area contributed by atoms with Crippen molar-refractivity contribution in [2.45, 2.75) is 90.5 Å². The highest BCUT2D eigenvalue weighted by Gasteiger charge is 2.16. The van der Waals surface area contributed by atoms with Gasteiger partial charge in [-0.15, -0.1) is 0 Å². The van der Waals surface area contributed by atoms with E-state index in [4.69, 9.17) is 9.84 Å². The molecule has 1 atom stereocenters. The van der Waals surface area contributed by atoms with Crippen LogP contribution in [0, 0.1) is 0 Å². The van der Waals surface area contributed by atoms with Crippen LogP contribution in [0.1, 0.15) is 94.0 Å². The number of unbranched alkanes of at least 4 members (excludes halogenated alkanes) is 9. The van der Waals surface area contributed by atoms with E-state index in [0.717, 1.165) is 12.1 Å². The van der Waals surface area contributed by atoms with Gasteiger partial charge in [-0.25, -0.2) is 4.79 Å². The highest BCUT2D eigenvalue weighted by atomic mass is 16.5. The molecule has 7 heteroatoms. The predicted molar refractivity (Wildman–Crippen MR) is 165 cm³/mol. The van der Waals surface area contributed by atoms with Gasteiger partial charge in [0.1, 0.15) is 17.5 Å². The minimum Gasteiger partial charge on any atom is -0.508 e. The smallest absolute Gasteiger partial charge is 0.335 e. The van der Waals surface area contributed by atoms with E-state index in [9.17, 15) is 14.7 Å². The molecule has 0 spiro atoms. The summed E-state index contributed by atoms with van der Waals surface area (Å²) in [6, 6.07) is 17.9. The number of rotatable bonds is 18. The van der Waals surface area contributed by atoms with Crippen LogP contribution in [0.15, 0.2) is 66.7 Å². The van der Waals surface area contributed by atoms with Crippen molar-refractivity contribution in [3.05, 3.63) is 77.9 Å². The van der Waals surface area contributed by atoms with E-state index in [1.165, 1.54) is 94.0 Å². The van der Waals surface area contributed by atoms with Gasteiger partial charge < -0.3 is 25.6 Å². The molecule has 0 aliphatic carbocycles. The molecule has 0 aliphatic heterocycles. The fraction of sp³-hybridized carbons (Fsp3) is 0.412. The first-order valence-electron chi connectivity index (χ1n) is 14.9. The maximum atomic E-state index is 12.9. The lowest BCUT2D eigenvalue weighted by Crippen LogP contribution is -2.32. The zero-order valence-corrected chi connectivity index (χ0v) is 24.3. The van der Waals surface area contributed by atoms with Crippen LogP contribution in [0.4, 0.5) is 11.4 Å². The molecule has 0 aliphatic rings. The van der Waals surface area contributed by atoms with Crippen molar-refractivity contribution in [3.8, 4) is 17.2 Å². The Balaban J connectivity index is 1.44. The second-order valence-electron chi connectivity index (χ2n) is 10.6. The number of carbonyl (C=O) groups is 2. The molecule has 4 N–H and O–H groups in total. The number of aryl methyl sites for hydroxylation is 1. The van der Waals surface area contributed by atoms with Gasteiger partial charge in [0.15, 0.2) is 5.75 Å². The maximum absolute atomic E-state index is 12.9. The van der Waals surface area contributed by atoms with E-state index in [2.05, 4.69) is 29.7 Å². The quantitative estimate of drug-likeness (QED) is 0.116. The molecular weight excluding hydrogens is 516 g/mol. The number of phenols is 1. The number of aromatic carboxylic acids is 1. The number of benzene rings is 3. The van der Waals surface area contributed by atoms with Gasteiger partial charge in [0.05, 0.1) is 11.3 Å². The maximum Gasteiger partial charge on any atom is 0.335 e. The van der Waals surface area contributed by atoms with Crippen LogP contribution in [0.2, 0.25) is 0 Å². The lowest BCUT2D eigenvalue weighted by Gasteiger charge is -2.18. The van der Waals surface area contributed by atoms with Gasteiger partial charge in [-0.2, -0.15) is 0 Å². The molecule has 0 heterocycles. The summed E-state index contributed by atoms with van der Waals surface area (Å²) in [5.41, 5.74) is 2.58. The Morgan fingerprint density at radius 2 is 1.41 bits per heavy atom. The first-order valence-corrected chi connectivity index (χ1v) is 14.9. The molecule has 7 nitrogen and oxygen atoms in total. The predicted octanol–water partition coefficient (Wildman–Crippen LogP) is 8.79. The van der Waals surface area contributed by atoms with Crippen molar-refractivity contribution in [2.24, 2.45) is 0 Å². The number of amides is 1. The number of carbonyl (C=O) groups excluding carboxylic acids is 1. The summed E-state index contributed by atoms with van der Waals surface area (Å²) < 4.78 is 5.89. The molecule has 41 heavy (non-hydrogen) atoms. The average molecular weight is 561 g/mol. The van der Waals surface area contributed by atoms with Crippen molar-refractivity contribution in [3.63, 3.8) is 0 Å². The molecular formula is C34H44N2O5. The molecule has 0 aromatic heterocycles. The Kier molecular flexibility index (Phi) is 13.0. The van der Waals surface area contributed by atoms with Crippen molar-refractivity contribution in [1.29, 1.82) is 0 Å². The minimum absolute atomic E-state index is 0.0201. The molecule has 0 radical (unpaired) electrons. The second kappa shape index (κ2) is 17.0. The van der Waals surface area contributed by atoms with E-state index in [-0.39, 0.29) is 17.2 Å². The number of carboxylic acids is 1. The monoisotopic (exact) mass is 560 g/mol. The molecule has 3 aromatic carbocycles. The summed E-state index contributed by atoms with van der Waals surface area (Å²) >= 11 is 0. The standard InChI is InChI=1S/C34H44N2O5/c1-3-4-5-6-7-8-9-10-11-12-13-26-14-18-28(19-15-26)36-33(38)25(2)35-31-24-29(37)20-23-32(31)41-30-21-16-27(17-22-30)34(39)40/h14-25,35,37H,3-13H2,1-2H3,(H,36,38)(H,39,40). The number of nitrogens with one attached hydrogen (secondary N) is 2. The summed E-state index contributed by atoms with van der Waals surface area (Å²) in [7, 11) is 0. The van der Waals surface area contributed by atoms with Gasteiger partial charge in [-0.1, -0.05) is 76.8 Å². The zero-order chi connectivity index (χ0) is 29.5. The number of anilines is 2. The third-order valence-corrected chi connectivity index (χ3v) is 7.10. The van der Waals surface area contributed by atoms with Crippen molar-refractivity contribution >= 4 is 23.3 Å². The van der Waals surface area contributed by atoms with Gasteiger partial charge in [0, 0.05) is 11.8 Å². The first-order chi connectivity index (χ1) is 19.9. The molecule has 3 rings (SSSR count). The van der Waals surface area contributed by atoms with Gasteiger partial charge in [0.2, 0.25) is 5.91 Å². The third-order valence-electron chi connectivity index (χ3n) is 7.10.